The van der Waals surface area contributed by atoms with E-state index in [4.69, 9.17) is 0 Å². The van der Waals surface area contributed by atoms with Gasteiger partial charge in [-0.2, -0.15) is 5.10 Å². The summed E-state index contributed by atoms with van der Waals surface area (Å²) in [6, 6.07) is 21.0. The highest BCUT2D eigenvalue weighted by molar-refractivity contribution is 5.78. The van der Waals surface area contributed by atoms with Crippen molar-refractivity contribution < 1.29 is 0 Å². The predicted octanol–water partition coefficient (Wildman–Crippen LogP) is 3.83. The molecule has 0 saturated carbocycles. The summed E-state index contributed by atoms with van der Waals surface area (Å²) >= 11 is 0. The van der Waals surface area contributed by atoms with Gasteiger partial charge in [0.15, 0.2) is 0 Å². The van der Waals surface area contributed by atoms with Crippen LogP contribution in [-0.2, 0) is 0 Å². The number of nitrogens with zero attached hydrogens (tertiary/aromatic N) is 2. The standard InChI is InChI=1S/C17H15N3/c1-12-11-16-14-9-5-6-10-15(14)18-17(20(16)19-12)13-7-3-2-4-8-13/h2-11,17-18H,1H3/t17-/m1/s1. The van der Waals surface area contributed by atoms with E-state index in [9.17, 15) is 0 Å². The number of hydrogen-bond donors (Lipinski definition) is 1. The maximum atomic E-state index is 4.66. The summed E-state index contributed by atoms with van der Waals surface area (Å²) in [5, 5.41) is 8.25. The second-order valence-corrected chi connectivity index (χ2v) is 5.12. The summed E-state index contributed by atoms with van der Waals surface area (Å²) in [6.07, 6.45) is 0.0507. The number of aryl methyl sites for hydroxylation is 1. The lowest BCUT2D eigenvalue weighted by atomic mass is 10.0. The van der Waals surface area contributed by atoms with Gasteiger partial charge in [-0.05, 0) is 24.6 Å². The summed E-state index contributed by atoms with van der Waals surface area (Å²) in [5.74, 6) is 0. The van der Waals surface area contributed by atoms with Crippen molar-refractivity contribution in [1.82, 2.24) is 9.78 Å². The molecular weight excluding hydrogens is 246 g/mol. The Hall–Kier alpha value is -2.55. The third-order valence-corrected chi connectivity index (χ3v) is 3.71. The Labute approximate surface area is 117 Å². The number of benzene rings is 2. The highest BCUT2D eigenvalue weighted by atomic mass is 15.4. The lowest BCUT2D eigenvalue weighted by Crippen LogP contribution is -2.25. The van der Waals surface area contributed by atoms with Gasteiger partial charge in [-0.25, -0.2) is 4.68 Å². The molecule has 0 aliphatic carbocycles. The first-order valence-electron chi connectivity index (χ1n) is 6.80. The molecule has 0 unspecified atom stereocenters. The van der Waals surface area contributed by atoms with Crippen LogP contribution in [0.2, 0.25) is 0 Å². The number of nitrogens with one attached hydrogen (secondary N) is 1. The molecule has 4 rings (SSSR count). The van der Waals surface area contributed by atoms with Crippen molar-refractivity contribution in [3.05, 3.63) is 71.9 Å². The van der Waals surface area contributed by atoms with Gasteiger partial charge in [0.1, 0.15) is 6.17 Å². The van der Waals surface area contributed by atoms with Gasteiger partial charge in [0, 0.05) is 11.3 Å². The first-order valence-corrected chi connectivity index (χ1v) is 6.80. The van der Waals surface area contributed by atoms with Gasteiger partial charge in [0.05, 0.1) is 11.4 Å². The van der Waals surface area contributed by atoms with E-state index in [-0.39, 0.29) is 6.17 Å². The Kier molecular flexibility index (Phi) is 2.39. The zero-order valence-corrected chi connectivity index (χ0v) is 11.2. The molecule has 0 saturated heterocycles. The van der Waals surface area contributed by atoms with Crippen molar-refractivity contribution >= 4 is 5.69 Å². The average Bonchev–Trinajstić information content (AvgIpc) is 2.89. The van der Waals surface area contributed by atoms with E-state index >= 15 is 0 Å². The minimum Gasteiger partial charge on any atom is -0.359 e. The number of fused-ring (bicyclic) bond motifs is 3. The van der Waals surface area contributed by atoms with Crippen LogP contribution in [-0.4, -0.2) is 9.78 Å². The van der Waals surface area contributed by atoms with Gasteiger partial charge in [-0.15, -0.1) is 0 Å². The summed E-state index contributed by atoms with van der Waals surface area (Å²) in [5.41, 5.74) is 5.80. The van der Waals surface area contributed by atoms with Gasteiger partial charge in [-0.3, -0.25) is 0 Å². The van der Waals surface area contributed by atoms with E-state index in [1.54, 1.807) is 0 Å². The molecular formula is C17H15N3. The molecule has 0 amide bonds. The smallest absolute Gasteiger partial charge is 0.147 e. The molecule has 2 aromatic carbocycles. The van der Waals surface area contributed by atoms with Crippen molar-refractivity contribution in [2.75, 3.05) is 5.32 Å². The Morgan fingerprint density at radius 1 is 1.00 bits per heavy atom. The molecule has 0 spiro atoms. The van der Waals surface area contributed by atoms with Gasteiger partial charge < -0.3 is 5.32 Å². The van der Waals surface area contributed by atoms with Crippen molar-refractivity contribution in [1.29, 1.82) is 0 Å². The number of rotatable bonds is 1. The van der Waals surface area contributed by atoms with Crippen LogP contribution in [0.15, 0.2) is 60.7 Å². The van der Waals surface area contributed by atoms with Gasteiger partial charge >= 0.3 is 0 Å². The van der Waals surface area contributed by atoms with E-state index < -0.39 is 0 Å². The fourth-order valence-corrected chi connectivity index (χ4v) is 2.82. The lowest BCUT2D eigenvalue weighted by Gasteiger charge is -2.29. The molecule has 1 aliphatic rings. The normalized spacial score (nSPS) is 16.1. The van der Waals surface area contributed by atoms with Crippen molar-refractivity contribution in [3.8, 4) is 11.3 Å². The second kappa shape index (κ2) is 4.23. The molecule has 0 radical (unpaired) electrons. The van der Waals surface area contributed by atoms with E-state index in [0.29, 0.717) is 0 Å². The van der Waals surface area contributed by atoms with Crippen LogP contribution in [0.4, 0.5) is 5.69 Å². The largest absolute Gasteiger partial charge is 0.359 e. The molecule has 1 N–H and O–H groups in total. The highest BCUT2D eigenvalue weighted by Crippen LogP contribution is 2.38. The Balaban J connectivity index is 1.93. The molecule has 0 fully saturated rings. The van der Waals surface area contributed by atoms with Crippen molar-refractivity contribution in [3.63, 3.8) is 0 Å². The van der Waals surface area contributed by atoms with Crippen LogP contribution in [0.25, 0.3) is 11.3 Å². The third kappa shape index (κ3) is 1.63. The fourth-order valence-electron chi connectivity index (χ4n) is 2.82. The highest BCUT2D eigenvalue weighted by Gasteiger charge is 2.25. The summed E-state index contributed by atoms with van der Waals surface area (Å²) in [6.45, 7) is 2.04. The quantitative estimate of drug-likeness (QED) is 0.721. The molecule has 98 valence electrons. The Morgan fingerprint density at radius 2 is 1.75 bits per heavy atom. The van der Waals surface area contributed by atoms with Crippen molar-refractivity contribution in [2.45, 2.75) is 13.1 Å². The Morgan fingerprint density at radius 3 is 2.60 bits per heavy atom. The minimum atomic E-state index is 0.0507. The molecule has 1 atom stereocenters. The van der Waals surface area contributed by atoms with Crippen LogP contribution in [0.5, 0.6) is 0 Å². The molecule has 3 aromatic rings. The van der Waals surface area contributed by atoms with Gasteiger partial charge in [0.2, 0.25) is 0 Å². The second-order valence-electron chi connectivity index (χ2n) is 5.12. The number of anilines is 1. The summed E-state index contributed by atoms with van der Waals surface area (Å²) < 4.78 is 2.08. The maximum Gasteiger partial charge on any atom is 0.147 e. The zero-order chi connectivity index (χ0) is 13.5. The van der Waals surface area contributed by atoms with Gasteiger partial charge in [0.25, 0.3) is 0 Å². The number of aromatic nitrogens is 2. The first-order chi connectivity index (χ1) is 9.83. The van der Waals surface area contributed by atoms with Crippen LogP contribution >= 0.6 is 0 Å². The fraction of sp³-hybridized carbons (Fsp3) is 0.118. The van der Waals surface area contributed by atoms with E-state index in [1.807, 2.05) is 13.0 Å². The van der Waals surface area contributed by atoms with E-state index in [1.165, 1.54) is 16.8 Å². The van der Waals surface area contributed by atoms with Crippen LogP contribution in [0.1, 0.15) is 17.4 Å². The van der Waals surface area contributed by atoms with E-state index in [2.05, 4.69) is 69.7 Å². The number of para-hydroxylation sites is 1. The SMILES string of the molecule is Cc1cc2n(n1)[C@H](c1ccccc1)Nc1ccccc1-2. The van der Waals surface area contributed by atoms with E-state index in [0.717, 1.165) is 11.4 Å². The molecule has 3 nitrogen and oxygen atoms in total. The summed E-state index contributed by atoms with van der Waals surface area (Å²) in [7, 11) is 0. The van der Waals surface area contributed by atoms with Crippen LogP contribution in [0.3, 0.4) is 0 Å². The molecule has 0 bridgehead atoms. The van der Waals surface area contributed by atoms with Crippen LogP contribution in [0, 0.1) is 6.92 Å². The minimum absolute atomic E-state index is 0.0507. The predicted molar refractivity (Wildman–Crippen MR) is 80.6 cm³/mol. The monoisotopic (exact) mass is 261 g/mol. The Bertz CT molecular complexity index is 759. The molecule has 20 heavy (non-hydrogen) atoms. The molecule has 1 aliphatic heterocycles. The molecule has 1 aromatic heterocycles. The molecule has 2 heterocycles. The van der Waals surface area contributed by atoms with Crippen LogP contribution < -0.4 is 5.32 Å². The summed E-state index contributed by atoms with van der Waals surface area (Å²) in [4.78, 5) is 0. The third-order valence-electron chi connectivity index (χ3n) is 3.71. The lowest BCUT2D eigenvalue weighted by molar-refractivity contribution is 0.571. The van der Waals surface area contributed by atoms with Gasteiger partial charge in [-0.1, -0.05) is 48.5 Å². The molecule has 3 heteroatoms. The topological polar surface area (TPSA) is 29.9 Å². The average molecular weight is 261 g/mol. The zero-order valence-electron chi connectivity index (χ0n) is 11.2. The first kappa shape index (κ1) is 11.3. The maximum absolute atomic E-state index is 4.66. The van der Waals surface area contributed by atoms with Crippen molar-refractivity contribution in [2.24, 2.45) is 0 Å². The number of hydrogen-bond acceptors (Lipinski definition) is 2.